The zero-order valence-electron chi connectivity index (χ0n) is 18.8. The van der Waals surface area contributed by atoms with E-state index in [-0.39, 0.29) is 35.7 Å². The Labute approximate surface area is 210 Å². The number of amides is 2. The van der Waals surface area contributed by atoms with Gasteiger partial charge >= 0.3 is 0 Å². The van der Waals surface area contributed by atoms with E-state index in [0.29, 0.717) is 41.5 Å². The van der Waals surface area contributed by atoms with Crippen molar-refractivity contribution in [2.75, 3.05) is 25.0 Å². The number of likely N-dealkylation sites (tertiary alicyclic amines) is 1. The number of aryl methyl sites for hydroxylation is 1. The molecule has 2 aliphatic heterocycles. The first-order chi connectivity index (χ1) is 16.2. The predicted octanol–water partition coefficient (Wildman–Crippen LogP) is 4.33. The van der Waals surface area contributed by atoms with Gasteiger partial charge < -0.3 is 10.2 Å². The second-order valence-electron chi connectivity index (χ2n) is 8.80. The molecule has 0 bridgehead atoms. The standard InChI is InChI=1S/C24H27Cl2N3O4S/c1-16-4-7-19(8-5-16)34(32,33)28-13-10-17(11-14-28)24(31)29-12-2-3-22(29)23(30)27-18-6-9-20(25)21(26)15-18/h4-9,15,17,22H,2-3,10-14H2,1H3,(H,27,30). The average Bonchev–Trinajstić information content (AvgIpc) is 3.31. The molecule has 1 atom stereocenters. The van der Waals surface area contributed by atoms with Gasteiger partial charge in [0.15, 0.2) is 0 Å². The number of carbonyl (C=O) groups is 2. The molecule has 2 aromatic carbocycles. The summed E-state index contributed by atoms with van der Waals surface area (Å²) in [6.45, 7) is 2.98. The molecule has 0 aromatic heterocycles. The number of hydrogen-bond acceptors (Lipinski definition) is 4. The van der Waals surface area contributed by atoms with Crippen molar-refractivity contribution in [2.24, 2.45) is 5.92 Å². The lowest BCUT2D eigenvalue weighted by Crippen LogP contribution is -2.48. The molecule has 10 heteroatoms. The zero-order chi connectivity index (χ0) is 24.5. The monoisotopic (exact) mass is 523 g/mol. The topological polar surface area (TPSA) is 86.8 Å². The zero-order valence-corrected chi connectivity index (χ0v) is 21.2. The highest BCUT2D eigenvalue weighted by Gasteiger charge is 2.39. The van der Waals surface area contributed by atoms with Crippen LogP contribution >= 0.6 is 23.2 Å². The molecule has 2 aliphatic rings. The van der Waals surface area contributed by atoms with Crippen LogP contribution in [0.15, 0.2) is 47.4 Å². The molecule has 0 spiro atoms. The summed E-state index contributed by atoms with van der Waals surface area (Å²) in [5.41, 5.74) is 1.51. The van der Waals surface area contributed by atoms with Gasteiger partial charge in [-0.1, -0.05) is 40.9 Å². The third kappa shape index (κ3) is 5.25. The SMILES string of the molecule is Cc1ccc(S(=O)(=O)N2CCC(C(=O)N3CCCC3C(=O)Nc3ccc(Cl)c(Cl)c3)CC2)cc1. The number of benzene rings is 2. The minimum Gasteiger partial charge on any atom is -0.330 e. The molecule has 2 aromatic rings. The highest BCUT2D eigenvalue weighted by atomic mass is 35.5. The summed E-state index contributed by atoms with van der Waals surface area (Å²) >= 11 is 12.0. The Morgan fingerprint density at radius 1 is 0.941 bits per heavy atom. The molecule has 2 fully saturated rings. The van der Waals surface area contributed by atoms with Crippen molar-refractivity contribution in [1.29, 1.82) is 0 Å². The molecular weight excluding hydrogens is 497 g/mol. The average molecular weight is 524 g/mol. The van der Waals surface area contributed by atoms with Crippen LogP contribution in [0.1, 0.15) is 31.2 Å². The van der Waals surface area contributed by atoms with Crippen LogP contribution in [0.2, 0.25) is 10.0 Å². The Bertz CT molecular complexity index is 1180. The van der Waals surface area contributed by atoms with Crippen LogP contribution in [0.3, 0.4) is 0 Å². The van der Waals surface area contributed by atoms with Gasteiger partial charge in [-0.15, -0.1) is 0 Å². The van der Waals surface area contributed by atoms with E-state index in [2.05, 4.69) is 5.32 Å². The number of nitrogens with zero attached hydrogens (tertiary/aromatic N) is 2. The quantitative estimate of drug-likeness (QED) is 0.631. The predicted molar refractivity (Wildman–Crippen MR) is 132 cm³/mol. The number of halogens is 2. The van der Waals surface area contributed by atoms with E-state index >= 15 is 0 Å². The van der Waals surface area contributed by atoms with E-state index < -0.39 is 16.1 Å². The summed E-state index contributed by atoms with van der Waals surface area (Å²) in [5, 5.41) is 3.56. The Morgan fingerprint density at radius 3 is 2.26 bits per heavy atom. The molecular formula is C24H27Cl2N3O4S. The fourth-order valence-electron chi connectivity index (χ4n) is 4.54. The van der Waals surface area contributed by atoms with Crippen molar-refractivity contribution < 1.29 is 18.0 Å². The third-order valence-corrected chi connectivity index (χ3v) is 9.14. The number of rotatable bonds is 5. The van der Waals surface area contributed by atoms with Gasteiger partial charge in [-0.25, -0.2) is 8.42 Å². The van der Waals surface area contributed by atoms with Crippen molar-refractivity contribution in [3.63, 3.8) is 0 Å². The molecule has 182 valence electrons. The summed E-state index contributed by atoms with van der Waals surface area (Å²) in [5.74, 6) is -0.648. The Hall–Kier alpha value is -2.13. The lowest BCUT2D eigenvalue weighted by Gasteiger charge is -2.34. The van der Waals surface area contributed by atoms with Crippen LogP contribution in [0.5, 0.6) is 0 Å². The fourth-order valence-corrected chi connectivity index (χ4v) is 6.31. The molecule has 2 heterocycles. The normalized spacial score (nSPS) is 19.9. The molecule has 0 aliphatic carbocycles. The van der Waals surface area contributed by atoms with Gasteiger partial charge in [-0.05, 0) is 62.9 Å². The molecule has 1 N–H and O–H groups in total. The minimum absolute atomic E-state index is 0.0841. The van der Waals surface area contributed by atoms with E-state index in [1.807, 2.05) is 6.92 Å². The summed E-state index contributed by atoms with van der Waals surface area (Å²) < 4.78 is 27.3. The summed E-state index contributed by atoms with van der Waals surface area (Å²) in [6.07, 6.45) is 2.19. The van der Waals surface area contributed by atoms with E-state index in [1.54, 1.807) is 47.4 Å². The molecule has 4 rings (SSSR count). The van der Waals surface area contributed by atoms with E-state index in [0.717, 1.165) is 12.0 Å². The number of anilines is 1. The van der Waals surface area contributed by atoms with Crippen molar-refractivity contribution in [3.8, 4) is 0 Å². The Balaban J connectivity index is 1.37. The summed E-state index contributed by atoms with van der Waals surface area (Å²) in [7, 11) is -3.59. The molecule has 1 unspecified atom stereocenters. The van der Waals surface area contributed by atoms with Crippen molar-refractivity contribution in [2.45, 2.75) is 43.5 Å². The maximum Gasteiger partial charge on any atom is 0.247 e. The first-order valence-electron chi connectivity index (χ1n) is 11.3. The molecule has 2 amide bonds. The van der Waals surface area contributed by atoms with Crippen LogP contribution in [0.4, 0.5) is 5.69 Å². The fraction of sp³-hybridized carbons (Fsp3) is 0.417. The van der Waals surface area contributed by atoms with Crippen LogP contribution in [0, 0.1) is 12.8 Å². The number of nitrogens with one attached hydrogen (secondary N) is 1. The Morgan fingerprint density at radius 2 is 1.62 bits per heavy atom. The molecule has 34 heavy (non-hydrogen) atoms. The first kappa shape index (κ1) is 25.0. The van der Waals surface area contributed by atoms with Crippen molar-refractivity contribution in [1.82, 2.24) is 9.21 Å². The lowest BCUT2D eigenvalue weighted by molar-refractivity contribution is -0.141. The van der Waals surface area contributed by atoms with Gasteiger partial charge in [0.25, 0.3) is 0 Å². The van der Waals surface area contributed by atoms with Crippen molar-refractivity contribution >= 4 is 50.7 Å². The lowest BCUT2D eigenvalue weighted by atomic mass is 9.96. The van der Waals surface area contributed by atoms with Crippen LogP contribution in [-0.2, 0) is 19.6 Å². The maximum absolute atomic E-state index is 13.3. The van der Waals surface area contributed by atoms with Gasteiger partial charge in [-0.3, -0.25) is 9.59 Å². The van der Waals surface area contributed by atoms with Gasteiger partial charge in [0.2, 0.25) is 21.8 Å². The highest BCUT2D eigenvalue weighted by Crippen LogP contribution is 2.29. The van der Waals surface area contributed by atoms with Gasteiger partial charge in [-0.2, -0.15) is 4.31 Å². The number of hydrogen-bond donors (Lipinski definition) is 1. The second-order valence-corrected chi connectivity index (χ2v) is 11.6. The summed E-state index contributed by atoms with van der Waals surface area (Å²) in [6, 6.07) is 11.1. The number of carbonyl (C=O) groups excluding carboxylic acids is 2. The molecule has 7 nitrogen and oxygen atoms in total. The third-order valence-electron chi connectivity index (χ3n) is 6.49. The second kappa shape index (κ2) is 10.2. The van der Waals surface area contributed by atoms with E-state index in [1.165, 1.54) is 4.31 Å². The van der Waals surface area contributed by atoms with Gasteiger partial charge in [0.1, 0.15) is 6.04 Å². The van der Waals surface area contributed by atoms with Gasteiger partial charge in [0, 0.05) is 31.2 Å². The van der Waals surface area contributed by atoms with Crippen molar-refractivity contribution in [3.05, 3.63) is 58.1 Å². The van der Waals surface area contributed by atoms with Crippen LogP contribution in [-0.4, -0.2) is 55.1 Å². The molecule has 0 saturated carbocycles. The van der Waals surface area contributed by atoms with Crippen LogP contribution in [0.25, 0.3) is 0 Å². The minimum atomic E-state index is -3.59. The number of piperidine rings is 1. The van der Waals surface area contributed by atoms with Crippen LogP contribution < -0.4 is 5.32 Å². The number of sulfonamides is 1. The summed E-state index contributed by atoms with van der Waals surface area (Å²) in [4.78, 5) is 28.1. The largest absolute Gasteiger partial charge is 0.330 e. The molecule has 0 radical (unpaired) electrons. The highest BCUT2D eigenvalue weighted by molar-refractivity contribution is 7.89. The maximum atomic E-state index is 13.3. The first-order valence-corrected chi connectivity index (χ1v) is 13.5. The smallest absolute Gasteiger partial charge is 0.247 e. The van der Waals surface area contributed by atoms with E-state index in [9.17, 15) is 18.0 Å². The van der Waals surface area contributed by atoms with E-state index in [4.69, 9.17) is 23.2 Å². The van der Waals surface area contributed by atoms with Gasteiger partial charge in [0.05, 0.1) is 14.9 Å². The molecule has 2 saturated heterocycles. The Kier molecular flexibility index (Phi) is 7.52.